The molecular weight excluding hydrogens is 172 g/mol. The summed E-state index contributed by atoms with van der Waals surface area (Å²) in [5, 5.41) is 0. The van der Waals surface area contributed by atoms with E-state index in [0.717, 1.165) is 17.8 Å². The van der Waals surface area contributed by atoms with Crippen molar-refractivity contribution in [2.24, 2.45) is 0 Å². The van der Waals surface area contributed by atoms with Crippen LogP contribution in [0.1, 0.15) is 24.5 Å². The lowest BCUT2D eigenvalue weighted by Gasteiger charge is -2.21. The molecule has 78 valence electrons. The van der Waals surface area contributed by atoms with Crippen molar-refractivity contribution < 1.29 is 0 Å². The first kappa shape index (κ1) is 10.9. The van der Waals surface area contributed by atoms with Gasteiger partial charge in [0.2, 0.25) is 0 Å². The summed E-state index contributed by atoms with van der Waals surface area (Å²) in [6.07, 6.45) is 1.17. The third-order valence-electron chi connectivity index (χ3n) is 2.55. The van der Waals surface area contributed by atoms with Gasteiger partial charge in [-0.3, -0.25) is 0 Å². The van der Waals surface area contributed by atoms with Crippen molar-refractivity contribution in [3.05, 3.63) is 23.3 Å². The molecule has 0 saturated heterocycles. The fraction of sp³-hybridized carbons (Fsp3) is 0.500. The van der Waals surface area contributed by atoms with Crippen molar-refractivity contribution in [2.75, 3.05) is 24.2 Å². The van der Waals surface area contributed by atoms with Crippen LogP contribution < -0.4 is 10.6 Å². The highest BCUT2D eigenvalue weighted by Crippen LogP contribution is 2.24. The molecular formula is C12H20N2. The van der Waals surface area contributed by atoms with Gasteiger partial charge < -0.3 is 10.6 Å². The molecule has 0 heterocycles. The molecule has 0 aliphatic heterocycles. The molecule has 0 saturated carbocycles. The van der Waals surface area contributed by atoms with Gasteiger partial charge in [0, 0.05) is 25.0 Å². The zero-order chi connectivity index (χ0) is 10.7. The largest absolute Gasteiger partial charge is 0.399 e. The number of benzene rings is 1. The van der Waals surface area contributed by atoms with Crippen LogP contribution in [-0.2, 0) is 0 Å². The Labute approximate surface area is 86.7 Å². The van der Waals surface area contributed by atoms with E-state index in [1.54, 1.807) is 0 Å². The Morgan fingerprint density at radius 3 is 2.43 bits per heavy atom. The topological polar surface area (TPSA) is 29.3 Å². The van der Waals surface area contributed by atoms with Gasteiger partial charge in [0.05, 0.1) is 0 Å². The highest BCUT2D eigenvalue weighted by atomic mass is 15.1. The van der Waals surface area contributed by atoms with Gasteiger partial charge in [0.25, 0.3) is 0 Å². The van der Waals surface area contributed by atoms with Crippen LogP contribution in [0.3, 0.4) is 0 Å². The fourth-order valence-electron chi connectivity index (χ4n) is 1.69. The Balaban J connectivity index is 3.02. The molecule has 1 rings (SSSR count). The van der Waals surface area contributed by atoms with E-state index in [1.165, 1.54) is 17.7 Å². The van der Waals surface area contributed by atoms with Crippen molar-refractivity contribution in [1.29, 1.82) is 0 Å². The number of hydrogen-bond donors (Lipinski definition) is 1. The van der Waals surface area contributed by atoms with E-state index in [1.807, 2.05) is 0 Å². The van der Waals surface area contributed by atoms with Gasteiger partial charge in [-0.25, -0.2) is 0 Å². The average molecular weight is 192 g/mol. The normalized spacial score (nSPS) is 10.3. The van der Waals surface area contributed by atoms with Gasteiger partial charge in [0.15, 0.2) is 0 Å². The molecule has 2 N–H and O–H groups in total. The van der Waals surface area contributed by atoms with E-state index in [9.17, 15) is 0 Å². The highest BCUT2D eigenvalue weighted by Gasteiger charge is 2.05. The Morgan fingerprint density at radius 1 is 1.21 bits per heavy atom. The molecule has 0 spiro atoms. The monoisotopic (exact) mass is 192 g/mol. The van der Waals surface area contributed by atoms with Crippen LogP contribution >= 0.6 is 0 Å². The van der Waals surface area contributed by atoms with Gasteiger partial charge in [0.1, 0.15) is 0 Å². The minimum Gasteiger partial charge on any atom is -0.399 e. The summed E-state index contributed by atoms with van der Waals surface area (Å²) in [6, 6.07) is 4.22. The maximum Gasteiger partial charge on any atom is 0.0397 e. The van der Waals surface area contributed by atoms with E-state index in [2.05, 4.69) is 44.9 Å². The number of anilines is 2. The smallest absolute Gasteiger partial charge is 0.0397 e. The van der Waals surface area contributed by atoms with E-state index in [-0.39, 0.29) is 0 Å². The van der Waals surface area contributed by atoms with E-state index in [0.29, 0.717) is 0 Å². The minimum absolute atomic E-state index is 0.885. The maximum atomic E-state index is 5.85. The zero-order valence-corrected chi connectivity index (χ0v) is 9.59. The molecule has 0 unspecified atom stereocenters. The Morgan fingerprint density at radius 2 is 1.86 bits per heavy atom. The van der Waals surface area contributed by atoms with Crippen molar-refractivity contribution in [1.82, 2.24) is 0 Å². The molecule has 0 bridgehead atoms. The van der Waals surface area contributed by atoms with Gasteiger partial charge in [-0.05, 0) is 43.5 Å². The lowest BCUT2D eigenvalue weighted by Crippen LogP contribution is -2.19. The van der Waals surface area contributed by atoms with Gasteiger partial charge in [-0.1, -0.05) is 6.92 Å². The quantitative estimate of drug-likeness (QED) is 0.746. The van der Waals surface area contributed by atoms with E-state index in [4.69, 9.17) is 5.73 Å². The number of hydrogen-bond acceptors (Lipinski definition) is 2. The number of rotatable bonds is 3. The second kappa shape index (κ2) is 4.36. The first-order chi connectivity index (χ1) is 6.56. The van der Waals surface area contributed by atoms with Crippen LogP contribution in [0.15, 0.2) is 12.1 Å². The van der Waals surface area contributed by atoms with Gasteiger partial charge in [-0.2, -0.15) is 0 Å². The molecule has 0 atom stereocenters. The summed E-state index contributed by atoms with van der Waals surface area (Å²) >= 11 is 0. The van der Waals surface area contributed by atoms with Crippen LogP contribution in [0.4, 0.5) is 11.4 Å². The maximum absolute atomic E-state index is 5.85. The minimum atomic E-state index is 0.885. The van der Waals surface area contributed by atoms with Crippen molar-refractivity contribution in [3.63, 3.8) is 0 Å². The van der Waals surface area contributed by atoms with E-state index < -0.39 is 0 Å². The lowest BCUT2D eigenvalue weighted by molar-refractivity contribution is 0.849. The molecule has 0 radical (unpaired) electrons. The summed E-state index contributed by atoms with van der Waals surface area (Å²) in [7, 11) is 2.13. The highest BCUT2D eigenvalue weighted by molar-refractivity contribution is 5.62. The molecule has 2 heteroatoms. The first-order valence-electron chi connectivity index (χ1n) is 5.14. The predicted molar refractivity (Wildman–Crippen MR) is 63.9 cm³/mol. The van der Waals surface area contributed by atoms with Crippen molar-refractivity contribution in [2.45, 2.75) is 27.2 Å². The molecule has 1 aromatic carbocycles. The molecule has 14 heavy (non-hydrogen) atoms. The molecule has 0 aliphatic carbocycles. The Hall–Kier alpha value is -1.18. The summed E-state index contributed by atoms with van der Waals surface area (Å²) in [5.74, 6) is 0. The van der Waals surface area contributed by atoms with Crippen LogP contribution in [-0.4, -0.2) is 13.6 Å². The molecule has 0 aliphatic rings. The number of nitrogens with two attached hydrogens (primary N) is 1. The van der Waals surface area contributed by atoms with E-state index >= 15 is 0 Å². The molecule has 1 aromatic rings. The Bertz CT molecular complexity index is 318. The summed E-state index contributed by atoms with van der Waals surface area (Å²) in [5.41, 5.74) is 10.4. The fourth-order valence-corrected chi connectivity index (χ4v) is 1.69. The zero-order valence-electron chi connectivity index (χ0n) is 9.59. The molecule has 0 fully saturated rings. The number of aryl methyl sites for hydroxylation is 2. The second-order valence-electron chi connectivity index (χ2n) is 3.92. The van der Waals surface area contributed by atoms with Crippen LogP contribution in [0.5, 0.6) is 0 Å². The molecule has 2 nitrogen and oxygen atoms in total. The predicted octanol–water partition coefficient (Wildman–Crippen LogP) is 2.73. The lowest BCUT2D eigenvalue weighted by atomic mass is 10.1. The standard InChI is InChI=1S/C12H20N2/c1-5-6-14(4)12-8-9(2)11(13)7-10(12)3/h7-8H,5-6,13H2,1-4H3. The van der Waals surface area contributed by atoms with Crippen molar-refractivity contribution >= 4 is 11.4 Å². The number of nitrogens with zero attached hydrogens (tertiary/aromatic N) is 1. The molecule has 0 aromatic heterocycles. The van der Waals surface area contributed by atoms with Crippen LogP contribution in [0, 0.1) is 13.8 Å². The third-order valence-corrected chi connectivity index (χ3v) is 2.55. The summed E-state index contributed by atoms with van der Waals surface area (Å²) in [4.78, 5) is 2.28. The third kappa shape index (κ3) is 2.19. The van der Waals surface area contributed by atoms with Crippen LogP contribution in [0.2, 0.25) is 0 Å². The van der Waals surface area contributed by atoms with Gasteiger partial charge in [-0.15, -0.1) is 0 Å². The molecule has 0 amide bonds. The first-order valence-corrected chi connectivity index (χ1v) is 5.14. The van der Waals surface area contributed by atoms with Crippen LogP contribution in [0.25, 0.3) is 0 Å². The Kier molecular flexibility index (Phi) is 3.39. The van der Waals surface area contributed by atoms with Gasteiger partial charge >= 0.3 is 0 Å². The SMILES string of the molecule is CCCN(C)c1cc(C)c(N)cc1C. The summed E-state index contributed by atoms with van der Waals surface area (Å²) in [6.45, 7) is 7.44. The second-order valence-corrected chi connectivity index (χ2v) is 3.92. The summed E-state index contributed by atoms with van der Waals surface area (Å²) < 4.78 is 0. The number of nitrogen functional groups attached to an aromatic ring is 1. The van der Waals surface area contributed by atoms with Crippen molar-refractivity contribution in [3.8, 4) is 0 Å². The average Bonchev–Trinajstić information content (AvgIpc) is 2.11.